The Bertz CT molecular complexity index is 511. The third-order valence-corrected chi connectivity index (χ3v) is 7.82. The zero-order valence-corrected chi connectivity index (χ0v) is 17.6. The second-order valence-electron chi connectivity index (χ2n) is 10.9. The molecule has 0 saturated heterocycles. The van der Waals surface area contributed by atoms with Gasteiger partial charge in [0.15, 0.2) is 0 Å². The van der Waals surface area contributed by atoms with Crippen LogP contribution in [0, 0.1) is 28.6 Å². The van der Waals surface area contributed by atoms with E-state index >= 15 is 0 Å². The van der Waals surface area contributed by atoms with Crippen molar-refractivity contribution in [3.05, 3.63) is 0 Å². The SMILES string of the molecule is CC(C)(C)O[C@@H]1CC[C@]2(C)C3CC[C@](C)(CC(=O)Cl)CC3CC[C@H]2C1. The van der Waals surface area contributed by atoms with Crippen LogP contribution in [-0.2, 0) is 9.53 Å². The van der Waals surface area contributed by atoms with Gasteiger partial charge in [-0.2, -0.15) is 0 Å². The van der Waals surface area contributed by atoms with Crippen LogP contribution in [0.5, 0.6) is 0 Å². The summed E-state index contributed by atoms with van der Waals surface area (Å²) in [6.07, 6.45) is 11.1. The maximum absolute atomic E-state index is 11.5. The molecular formula is C22H37ClO2. The van der Waals surface area contributed by atoms with Crippen molar-refractivity contribution in [2.75, 3.05) is 0 Å². The van der Waals surface area contributed by atoms with Gasteiger partial charge in [-0.1, -0.05) is 13.8 Å². The molecule has 0 spiro atoms. The quantitative estimate of drug-likeness (QED) is 0.542. The molecule has 0 aromatic carbocycles. The molecule has 0 aromatic rings. The standard InChI is InChI=1S/C22H37ClO2/c1-20(2,3)25-17-8-11-22(5)16(12-17)7-6-15-13-21(4,14-19(23)24)10-9-18(15)22/h15-18H,6-14H2,1-5H3/t15?,16-,17+,18?,21-,22-/m0/s1. The largest absolute Gasteiger partial charge is 0.373 e. The molecule has 0 radical (unpaired) electrons. The molecule has 3 saturated carbocycles. The summed E-state index contributed by atoms with van der Waals surface area (Å²) >= 11 is 5.73. The maximum atomic E-state index is 11.5. The molecule has 3 fully saturated rings. The summed E-state index contributed by atoms with van der Waals surface area (Å²) in [5.74, 6) is 2.44. The average Bonchev–Trinajstić information content (AvgIpc) is 2.44. The van der Waals surface area contributed by atoms with Gasteiger partial charge in [0.1, 0.15) is 0 Å². The number of hydrogen-bond acceptors (Lipinski definition) is 2. The lowest BCUT2D eigenvalue weighted by molar-refractivity contribution is -0.143. The predicted octanol–water partition coefficient (Wildman–Crippen LogP) is 6.35. The molecule has 144 valence electrons. The zero-order chi connectivity index (χ0) is 18.5. The van der Waals surface area contributed by atoms with Gasteiger partial charge in [0.25, 0.3) is 0 Å². The van der Waals surface area contributed by atoms with Gasteiger partial charge in [-0.25, -0.2) is 0 Å². The van der Waals surface area contributed by atoms with Crippen LogP contribution in [0.15, 0.2) is 0 Å². The highest BCUT2D eigenvalue weighted by Crippen LogP contribution is 2.62. The summed E-state index contributed by atoms with van der Waals surface area (Å²) in [5.41, 5.74) is 0.582. The molecule has 2 nitrogen and oxygen atoms in total. The molecule has 3 aliphatic rings. The summed E-state index contributed by atoms with van der Waals surface area (Å²) in [7, 11) is 0. The Morgan fingerprint density at radius 2 is 1.84 bits per heavy atom. The van der Waals surface area contributed by atoms with Crippen molar-refractivity contribution in [1.29, 1.82) is 0 Å². The van der Waals surface area contributed by atoms with Gasteiger partial charge in [0.2, 0.25) is 5.24 Å². The monoisotopic (exact) mass is 368 g/mol. The molecule has 0 heterocycles. The van der Waals surface area contributed by atoms with E-state index < -0.39 is 0 Å². The second-order valence-corrected chi connectivity index (χ2v) is 11.3. The van der Waals surface area contributed by atoms with Gasteiger partial charge >= 0.3 is 0 Å². The molecule has 0 aliphatic heterocycles. The first-order valence-corrected chi connectivity index (χ1v) is 10.7. The van der Waals surface area contributed by atoms with E-state index in [1.807, 2.05) is 0 Å². The van der Waals surface area contributed by atoms with Crippen molar-refractivity contribution in [1.82, 2.24) is 0 Å². The van der Waals surface area contributed by atoms with Crippen LogP contribution in [-0.4, -0.2) is 16.9 Å². The normalized spacial score (nSPS) is 44.7. The van der Waals surface area contributed by atoms with Crippen LogP contribution in [0.3, 0.4) is 0 Å². The van der Waals surface area contributed by atoms with Crippen molar-refractivity contribution < 1.29 is 9.53 Å². The Morgan fingerprint density at radius 3 is 2.48 bits per heavy atom. The third kappa shape index (κ3) is 4.26. The molecule has 0 amide bonds. The Kier molecular flexibility index (Phi) is 5.37. The molecule has 6 atom stereocenters. The average molecular weight is 369 g/mol. The van der Waals surface area contributed by atoms with E-state index in [9.17, 15) is 4.79 Å². The number of hydrogen-bond donors (Lipinski definition) is 0. The molecule has 2 unspecified atom stereocenters. The van der Waals surface area contributed by atoms with Crippen LogP contribution < -0.4 is 0 Å². The fourth-order valence-electron chi connectivity index (χ4n) is 6.62. The molecular weight excluding hydrogens is 332 g/mol. The van der Waals surface area contributed by atoms with Crippen LogP contribution >= 0.6 is 11.6 Å². The number of ether oxygens (including phenoxy) is 1. The Hall–Kier alpha value is -0.0800. The molecule has 25 heavy (non-hydrogen) atoms. The van der Waals surface area contributed by atoms with E-state index in [0.717, 1.165) is 24.2 Å². The highest BCUT2D eigenvalue weighted by Gasteiger charge is 2.53. The first-order valence-electron chi connectivity index (χ1n) is 10.4. The number of rotatable bonds is 3. The number of halogens is 1. The fourth-order valence-corrected chi connectivity index (χ4v) is 6.95. The van der Waals surface area contributed by atoms with Crippen molar-refractivity contribution in [2.45, 2.75) is 104 Å². The minimum absolute atomic E-state index is 0.0314. The van der Waals surface area contributed by atoms with Gasteiger partial charge in [0, 0.05) is 6.42 Å². The van der Waals surface area contributed by atoms with E-state index in [4.69, 9.17) is 16.3 Å². The topological polar surface area (TPSA) is 26.3 Å². The molecule has 0 bridgehead atoms. The van der Waals surface area contributed by atoms with Crippen LogP contribution in [0.4, 0.5) is 0 Å². The van der Waals surface area contributed by atoms with E-state index in [-0.39, 0.29) is 16.3 Å². The highest BCUT2D eigenvalue weighted by atomic mass is 35.5. The summed E-state index contributed by atoms with van der Waals surface area (Å²) in [6, 6.07) is 0. The van der Waals surface area contributed by atoms with Crippen molar-refractivity contribution in [3.8, 4) is 0 Å². The van der Waals surface area contributed by atoms with Gasteiger partial charge in [-0.15, -0.1) is 0 Å². The third-order valence-electron chi connectivity index (χ3n) is 7.69. The van der Waals surface area contributed by atoms with Crippen LogP contribution in [0.2, 0.25) is 0 Å². The van der Waals surface area contributed by atoms with Gasteiger partial charge in [-0.05, 0) is 112 Å². The molecule has 3 aliphatic carbocycles. The Labute approximate surface area is 159 Å². The molecule has 0 aromatic heterocycles. The summed E-state index contributed by atoms with van der Waals surface area (Å²) in [4.78, 5) is 11.5. The smallest absolute Gasteiger partial charge is 0.222 e. The lowest BCUT2D eigenvalue weighted by Crippen LogP contribution is -2.51. The summed E-state index contributed by atoms with van der Waals surface area (Å²) in [5, 5.41) is -0.152. The molecule has 3 heteroatoms. The Balaban J connectivity index is 1.68. The molecule has 3 rings (SSSR count). The minimum Gasteiger partial charge on any atom is -0.373 e. The van der Waals surface area contributed by atoms with Crippen LogP contribution in [0.1, 0.15) is 92.4 Å². The highest BCUT2D eigenvalue weighted by molar-refractivity contribution is 6.63. The fraction of sp³-hybridized carbons (Fsp3) is 0.955. The Morgan fingerprint density at radius 1 is 1.12 bits per heavy atom. The van der Waals surface area contributed by atoms with E-state index in [1.165, 1.54) is 44.9 Å². The van der Waals surface area contributed by atoms with Gasteiger partial charge in [0.05, 0.1) is 11.7 Å². The lowest BCUT2D eigenvalue weighted by atomic mass is 9.47. The van der Waals surface area contributed by atoms with Gasteiger partial charge in [-0.3, -0.25) is 4.79 Å². The van der Waals surface area contributed by atoms with Crippen molar-refractivity contribution in [3.63, 3.8) is 0 Å². The number of carbonyl (C=O) groups is 1. The maximum Gasteiger partial charge on any atom is 0.222 e. The number of fused-ring (bicyclic) bond motifs is 3. The molecule has 0 N–H and O–H groups in total. The first kappa shape index (κ1) is 19.7. The van der Waals surface area contributed by atoms with Crippen molar-refractivity contribution >= 4 is 16.8 Å². The van der Waals surface area contributed by atoms with Crippen molar-refractivity contribution in [2.24, 2.45) is 28.6 Å². The first-order chi connectivity index (χ1) is 11.5. The predicted molar refractivity (Wildman–Crippen MR) is 104 cm³/mol. The number of carbonyl (C=O) groups excluding carboxylic acids is 1. The van der Waals surface area contributed by atoms with E-state index in [1.54, 1.807) is 0 Å². The van der Waals surface area contributed by atoms with Crippen LogP contribution in [0.25, 0.3) is 0 Å². The second kappa shape index (κ2) is 6.82. The van der Waals surface area contributed by atoms with E-state index in [2.05, 4.69) is 34.6 Å². The minimum atomic E-state index is -0.152. The lowest BCUT2D eigenvalue weighted by Gasteiger charge is -2.59. The zero-order valence-electron chi connectivity index (χ0n) is 16.9. The summed E-state index contributed by atoms with van der Waals surface area (Å²) < 4.78 is 6.33. The van der Waals surface area contributed by atoms with E-state index in [0.29, 0.717) is 17.9 Å². The summed E-state index contributed by atoms with van der Waals surface area (Å²) in [6.45, 7) is 11.4. The van der Waals surface area contributed by atoms with Gasteiger partial charge < -0.3 is 4.74 Å².